The lowest BCUT2D eigenvalue weighted by Crippen LogP contribution is -2.21. The van der Waals surface area contributed by atoms with Crippen molar-refractivity contribution >= 4 is 39.0 Å². The lowest BCUT2D eigenvalue weighted by atomic mass is 10.2. The smallest absolute Gasteiger partial charge is 0.338 e. The second-order valence-corrected chi connectivity index (χ2v) is 7.65. The van der Waals surface area contributed by atoms with Gasteiger partial charge in [0.15, 0.2) is 16.4 Å². The molecule has 0 atom stereocenters. The molecule has 1 amide bonds. The lowest BCUT2D eigenvalue weighted by molar-refractivity contribution is -0.119. The molecule has 0 unspecified atom stereocenters. The molecule has 2 rings (SSSR count). The van der Waals surface area contributed by atoms with Crippen molar-refractivity contribution in [2.45, 2.75) is 4.90 Å². The largest absolute Gasteiger partial charge is 0.452 e. The van der Waals surface area contributed by atoms with Gasteiger partial charge in [0.25, 0.3) is 5.91 Å². The molecule has 0 heterocycles. The monoisotopic (exact) mass is 392 g/mol. The summed E-state index contributed by atoms with van der Waals surface area (Å²) in [6.07, 6.45) is 1.06. The molecule has 26 heavy (non-hydrogen) atoms. The summed E-state index contributed by atoms with van der Waals surface area (Å²) in [6, 6.07) is 11.4. The van der Waals surface area contributed by atoms with Crippen molar-refractivity contribution < 1.29 is 22.7 Å². The van der Waals surface area contributed by atoms with Gasteiger partial charge in [-0.15, -0.1) is 0 Å². The van der Waals surface area contributed by atoms with Gasteiger partial charge in [-0.05, 0) is 42.5 Å². The molecule has 0 fully saturated rings. The van der Waals surface area contributed by atoms with E-state index in [1.165, 1.54) is 42.5 Å². The van der Waals surface area contributed by atoms with Crippen LogP contribution >= 0.6 is 11.6 Å². The van der Waals surface area contributed by atoms with Crippen molar-refractivity contribution in [1.82, 2.24) is 0 Å². The summed E-state index contributed by atoms with van der Waals surface area (Å²) in [5, 5.41) is 11.5. The number of nitrogens with one attached hydrogen (secondary N) is 1. The van der Waals surface area contributed by atoms with Crippen LogP contribution in [0.15, 0.2) is 47.4 Å². The van der Waals surface area contributed by atoms with Crippen LogP contribution in [0, 0.1) is 11.3 Å². The third kappa shape index (κ3) is 5.05. The number of carbonyl (C=O) groups excluding carboxylic acids is 2. The number of carbonyl (C=O) groups is 2. The quantitative estimate of drug-likeness (QED) is 0.781. The molecule has 0 radical (unpaired) electrons. The SMILES string of the molecule is CS(=O)(=O)c1ccc(C(=O)OCC(=O)Nc2ccc(C#N)c(Cl)c2)cc1. The number of amides is 1. The van der Waals surface area contributed by atoms with Gasteiger partial charge in [0.05, 0.1) is 21.0 Å². The first kappa shape index (κ1) is 19.4. The molecular weight excluding hydrogens is 380 g/mol. The molecule has 2 aromatic carbocycles. The maximum Gasteiger partial charge on any atom is 0.338 e. The van der Waals surface area contributed by atoms with E-state index < -0.39 is 28.3 Å². The average Bonchev–Trinajstić information content (AvgIpc) is 2.59. The number of sulfone groups is 1. The van der Waals surface area contributed by atoms with E-state index in [0.717, 1.165) is 6.26 Å². The molecule has 0 aromatic heterocycles. The molecular formula is C17H13ClN2O5S. The van der Waals surface area contributed by atoms with Gasteiger partial charge in [-0.3, -0.25) is 4.79 Å². The summed E-state index contributed by atoms with van der Waals surface area (Å²) in [4.78, 5) is 23.8. The maximum atomic E-state index is 11.9. The molecule has 0 bridgehead atoms. The van der Waals surface area contributed by atoms with Crippen LogP contribution in [0.3, 0.4) is 0 Å². The number of anilines is 1. The third-order valence-electron chi connectivity index (χ3n) is 3.23. The number of nitriles is 1. The second-order valence-electron chi connectivity index (χ2n) is 5.23. The first-order chi connectivity index (χ1) is 12.2. The van der Waals surface area contributed by atoms with Gasteiger partial charge >= 0.3 is 5.97 Å². The Hall–Kier alpha value is -2.89. The van der Waals surface area contributed by atoms with Crippen LogP contribution in [-0.2, 0) is 19.4 Å². The highest BCUT2D eigenvalue weighted by Gasteiger charge is 2.13. The van der Waals surface area contributed by atoms with Crippen LogP contribution in [0.5, 0.6) is 0 Å². The summed E-state index contributed by atoms with van der Waals surface area (Å²) in [5.74, 6) is -1.36. The Balaban J connectivity index is 1.93. The summed E-state index contributed by atoms with van der Waals surface area (Å²) in [5.41, 5.74) is 0.743. The third-order valence-corrected chi connectivity index (χ3v) is 4.67. The Morgan fingerprint density at radius 3 is 2.38 bits per heavy atom. The van der Waals surface area contributed by atoms with Gasteiger partial charge in [-0.1, -0.05) is 11.6 Å². The zero-order valence-electron chi connectivity index (χ0n) is 13.5. The van der Waals surface area contributed by atoms with Crippen molar-refractivity contribution in [3.63, 3.8) is 0 Å². The summed E-state index contributed by atoms with van der Waals surface area (Å²) < 4.78 is 27.6. The highest BCUT2D eigenvalue weighted by molar-refractivity contribution is 7.90. The molecule has 0 spiro atoms. The molecule has 7 nitrogen and oxygen atoms in total. The van der Waals surface area contributed by atoms with E-state index in [2.05, 4.69) is 5.32 Å². The highest BCUT2D eigenvalue weighted by atomic mass is 35.5. The molecule has 0 saturated carbocycles. The fourth-order valence-corrected chi connectivity index (χ4v) is 2.79. The Labute approximate surface area is 155 Å². The van der Waals surface area contributed by atoms with E-state index in [9.17, 15) is 18.0 Å². The van der Waals surface area contributed by atoms with E-state index in [1.54, 1.807) is 0 Å². The van der Waals surface area contributed by atoms with Gasteiger partial charge < -0.3 is 10.1 Å². The van der Waals surface area contributed by atoms with E-state index >= 15 is 0 Å². The van der Waals surface area contributed by atoms with Gasteiger partial charge in [-0.25, -0.2) is 13.2 Å². The van der Waals surface area contributed by atoms with Crippen molar-refractivity contribution in [3.05, 3.63) is 58.6 Å². The summed E-state index contributed by atoms with van der Waals surface area (Å²) >= 11 is 5.86. The molecule has 134 valence electrons. The van der Waals surface area contributed by atoms with Crippen LogP contribution < -0.4 is 5.32 Å². The van der Waals surface area contributed by atoms with Gasteiger partial charge in [-0.2, -0.15) is 5.26 Å². The van der Waals surface area contributed by atoms with Crippen LogP contribution in [0.4, 0.5) is 5.69 Å². The van der Waals surface area contributed by atoms with Crippen LogP contribution in [0.2, 0.25) is 5.02 Å². The van der Waals surface area contributed by atoms with E-state index in [-0.39, 0.29) is 21.0 Å². The number of nitrogens with zero attached hydrogens (tertiary/aromatic N) is 1. The molecule has 1 N–H and O–H groups in total. The standard InChI is InChI=1S/C17H13ClN2O5S/c1-26(23,24)14-6-3-11(4-7-14)17(22)25-10-16(21)20-13-5-2-12(9-19)15(18)8-13/h2-8H,10H2,1H3,(H,20,21). The Kier molecular flexibility index (Phi) is 5.97. The lowest BCUT2D eigenvalue weighted by Gasteiger charge is -2.08. The normalized spacial score (nSPS) is 10.7. The molecule has 9 heteroatoms. The van der Waals surface area contributed by atoms with E-state index in [1.807, 2.05) is 6.07 Å². The molecule has 0 aliphatic rings. The van der Waals surface area contributed by atoms with Gasteiger partial charge in [0.2, 0.25) is 0 Å². The molecule has 0 aliphatic heterocycles. The van der Waals surface area contributed by atoms with Crippen molar-refractivity contribution in [1.29, 1.82) is 5.26 Å². The fourth-order valence-electron chi connectivity index (χ4n) is 1.93. The first-order valence-corrected chi connectivity index (χ1v) is 9.44. The van der Waals surface area contributed by atoms with Gasteiger partial charge in [0, 0.05) is 11.9 Å². The van der Waals surface area contributed by atoms with Crippen LogP contribution in [-0.4, -0.2) is 33.2 Å². The minimum absolute atomic E-state index is 0.0736. The predicted octanol–water partition coefficient (Wildman–Crippen LogP) is 2.41. The molecule has 0 aliphatic carbocycles. The van der Waals surface area contributed by atoms with Crippen molar-refractivity contribution in [3.8, 4) is 6.07 Å². The predicted molar refractivity (Wildman–Crippen MR) is 94.6 cm³/mol. The number of esters is 1. The maximum absolute atomic E-state index is 11.9. The van der Waals surface area contributed by atoms with Gasteiger partial charge in [0.1, 0.15) is 6.07 Å². The number of hydrogen-bond donors (Lipinski definition) is 1. The Morgan fingerprint density at radius 1 is 1.19 bits per heavy atom. The number of benzene rings is 2. The Bertz CT molecular complexity index is 995. The summed E-state index contributed by atoms with van der Waals surface area (Å²) in [7, 11) is -3.36. The second kappa shape index (κ2) is 7.99. The van der Waals surface area contributed by atoms with Crippen LogP contribution in [0.25, 0.3) is 0 Å². The van der Waals surface area contributed by atoms with E-state index in [0.29, 0.717) is 5.69 Å². The topological polar surface area (TPSA) is 113 Å². The number of rotatable bonds is 5. The molecule has 0 saturated heterocycles. The number of ether oxygens (including phenoxy) is 1. The number of halogens is 1. The zero-order chi connectivity index (χ0) is 19.3. The Morgan fingerprint density at radius 2 is 1.85 bits per heavy atom. The van der Waals surface area contributed by atoms with E-state index in [4.69, 9.17) is 21.6 Å². The van der Waals surface area contributed by atoms with Crippen molar-refractivity contribution in [2.75, 3.05) is 18.2 Å². The zero-order valence-corrected chi connectivity index (χ0v) is 15.1. The first-order valence-electron chi connectivity index (χ1n) is 7.17. The van der Waals surface area contributed by atoms with Crippen molar-refractivity contribution in [2.24, 2.45) is 0 Å². The highest BCUT2D eigenvalue weighted by Crippen LogP contribution is 2.20. The fraction of sp³-hybridized carbons (Fsp3) is 0.118. The minimum Gasteiger partial charge on any atom is -0.452 e. The number of hydrogen-bond acceptors (Lipinski definition) is 6. The summed E-state index contributed by atoms with van der Waals surface area (Å²) in [6.45, 7) is -0.537. The minimum atomic E-state index is -3.36. The van der Waals surface area contributed by atoms with Crippen LogP contribution in [0.1, 0.15) is 15.9 Å². The molecule has 2 aromatic rings. The average molecular weight is 393 g/mol.